The molecule has 2 aromatic rings. The summed E-state index contributed by atoms with van der Waals surface area (Å²) in [5.41, 5.74) is -0.198. The lowest BCUT2D eigenvalue weighted by Crippen LogP contribution is -2.25. The van der Waals surface area contributed by atoms with Gasteiger partial charge in [0, 0.05) is 11.1 Å². The van der Waals surface area contributed by atoms with Gasteiger partial charge in [-0.2, -0.15) is 4.39 Å². The van der Waals surface area contributed by atoms with Crippen LogP contribution in [0.4, 0.5) is 17.6 Å². The van der Waals surface area contributed by atoms with E-state index in [1.54, 1.807) is 6.07 Å². The molecule has 0 amide bonds. The van der Waals surface area contributed by atoms with Crippen LogP contribution in [0.15, 0.2) is 36.4 Å². The van der Waals surface area contributed by atoms with Crippen molar-refractivity contribution in [2.24, 2.45) is 17.8 Å². The SMILES string of the molecule is CCCCC=CC1CCC(C2CCC(c3ccc(-c4ccc(OCCCC)c(F)c4F)c(F)c3F)CC2)CC1. The van der Waals surface area contributed by atoms with Gasteiger partial charge in [0.05, 0.1) is 6.61 Å². The Morgan fingerprint density at radius 1 is 0.692 bits per heavy atom. The molecule has 0 saturated heterocycles. The molecule has 0 atom stereocenters. The molecule has 0 spiro atoms. The van der Waals surface area contributed by atoms with Gasteiger partial charge in [-0.25, -0.2) is 13.2 Å². The standard InChI is InChI=1S/C34H44F4O/c1-3-5-7-8-9-23-10-12-24(13-11-23)25-14-16-26(17-15-25)27-18-19-28(32(36)31(27)35)29-20-21-30(34(38)33(29)37)39-22-6-4-2/h8-9,18-21,23-26H,3-7,10-17,22H2,1-2H3. The molecule has 39 heavy (non-hydrogen) atoms. The topological polar surface area (TPSA) is 9.23 Å². The van der Waals surface area contributed by atoms with Gasteiger partial charge < -0.3 is 4.74 Å². The molecule has 2 aromatic carbocycles. The van der Waals surface area contributed by atoms with Crippen LogP contribution >= 0.6 is 0 Å². The first-order valence-electron chi connectivity index (χ1n) is 15.2. The molecule has 0 radical (unpaired) electrons. The van der Waals surface area contributed by atoms with Crippen LogP contribution in [0, 0.1) is 41.0 Å². The molecule has 5 heteroatoms. The van der Waals surface area contributed by atoms with E-state index >= 15 is 8.78 Å². The van der Waals surface area contributed by atoms with Crippen LogP contribution in [0.3, 0.4) is 0 Å². The Kier molecular flexibility index (Phi) is 10.9. The second-order valence-corrected chi connectivity index (χ2v) is 11.6. The highest BCUT2D eigenvalue weighted by atomic mass is 19.2. The summed E-state index contributed by atoms with van der Waals surface area (Å²) in [5.74, 6) is -2.58. The Labute approximate surface area is 232 Å². The van der Waals surface area contributed by atoms with E-state index in [0.717, 1.165) is 38.0 Å². The van der Waals surface area contributed by atoms with Gasteiger partial charge in [0.25, 0.3) is 0 Å². The average Bonchev–Trinajstić information content (AvgIpc) is 2.96. The highest BCUT2D eigenvalue weighted by molar-refractivity contribution is 5.66. The molecule has 2 aliphatic rings. The van der Waals surface area contributed by atoms with Crippen LogP contribution in [0.5, 0.6) is 5.75 Å². The molecule has 4 rings (SSSR count). The first-order chi connectivity index (χ1) is 18.9. The molecular weight excluding hydrogens is 500 g/mol. The van der Waals surface area contributed by atoms with Gasteiger partial charge >= 0.3 is 0 Å². The molecule has 1 nitrogen and oxygen atoms in total. The minimum Gasteiger partial charge on any atom is -0.490 e. The highest BCUT2D eigenvalue weighted by Crippen LogP contribution is 2.45. The maximum Gasteiger partial charge on any atom is 0.201 e. The summed E-state index contributed by atoms with van der Waals surface area (Å²) >= 11 is 0. The number of ether oxygens (including phenoxy) is 1. The van der Waals surface area contributed by atoms with Crippen LogP contribution in [0.1, 0.15) is 109 Å². The largest absolute Gasteiger partial charge is 0.490 e. The van der Waals surface area contributed by atoms with E-state index < -0.39 is 23.3 Å². The molecule has 2 fully saturated rings. The number of benzene rings is 2. The Hall–Kier alpha value is -2.30. The van der Waals surface area contributed by atoms with Crippen LogP contribution < -0.4 is 4.74 Å². The molecule has 2 saturated carbocycles. The van der Waals surface area contributed by atoms with E-state index in [0.29, 0.717) is 23.8 Å². The number of hydrogen-bond acceptors (Lipinski definition) is 1. The van der Waals surface area contributed by atoms with E-state index in [1.165, 1.54) is 63.1 Å². The van der Waals surface area contributed by atoms with Crippen molar-refractivity contribution in [3.05, 3.63) is 65.2 Å². The zero-order chi connectivity index (χ0) is 27.8. The number of hydrogen-bond donors (Lipinski definition) is 0. The first-order valence-corrected chi connectivity index (χ1v) is 15.2. The van der Waals surface area contributed by atoms with Gasteiger partial charge in [-0.05, 0) is 106 Å². The summed E-state index contributed by atoms with van der Waals surface area (Å²) in [6, 6.07) is 5.51. The fourth-order valence-corrected chi connectivity index (χ4v) is 6.59. The lowest BCUT2D eigenvalue weighted by Gasteiger charge is -2.37. The maximum atomic E-state index is 15.3. The third kappa shape index (κ3) is 7.27. The predicted molar refractivity (Wildman–Crippen MR) is 151 cm³/mol. The van der Waals surface area contributed by atoms with Gasteiger partial charge in [-0.1, -0.05) is 57.4 Å². The van der Waals surface area contributed by atoms with Crippen molar-refractivity contribution in [2.45, 2.75) is 103 Å². The number of unbranched alkanes of at least 4 members (excludes halogenated alkanes) is 3. The minimum absolute atomic E-state index is 0.0430. The molecular formula is C34H44F4O. The number of allylic oxidation sites excluding steroid dienone is 2. The molecule has 0 aliphatic heterocycles. The Balaban J connectivity index is 1.36. The van der Waals surface area contributed by atoms with Gasteiger partial charge in [0.15, 0.2) is 23.2 Å². The average molecular weight is 545 g/mol. The number of halogens is 4. The van der Waals surface area contributed by atoms with Gasteiger partial charge in [0.2, 0.25) is 5.82 Å². The summed E-state index contributed by atoms with van der Waals surface area (Å²) in [4.78, 5) is 0. The zero-order valence-corrected chi connectivity index (χ0v) is 23.6. The van der Waals surface area contributed by atoms with Crippen LogP contribution in [0.2, 0.25) is 0 Å². The fraction of sp³-hybridized carbons (Fsp3) is 0.588. The lowest BCUT2D eigenvalue weighted by atomic mass is 9.68. The van der Waals surface area contributed by atoms with Crippen molar-refractivity contribution < 1.29 is 22.3 Å². The molecule has 0 aromatic heterocycles. The second kappa shape index (κ2) is 14.4. The van der Waals surface area contributed by atoms with Crippen molar-refractivity contribution >= 4 is 0 Å². The second-order valence-electron chi connectivity index (χ2n) is 11.6. The Morgan fingerprint density at radius 2 is 1.28 bits per heavy atom. The lowest BCUT2D eigenvalue weighted by molar-refractivity contribution is 0.170. The monoisotopic (exact) mass is 544 g/mol. The van der Waals surface area contributed by atoms with Crippen LogP contribution in [0.25, 0.3) is 11.1 Å². The molecule has 0 N–H and O–H groups in total. The summed E-state index contributed by atoms with van der Waals surface area (Å²) in [7, 11) is 0. The third-order valence-electron chi connectivity index (χ3n) is 9.03. The minimum atomic E-state index is -1.22. The first kappa shape index (κ1) is 29.7. The summed E-state index contributed by atoms with van der Waals surface area (Å²) < 4.78 is 65.1. The van der Waals surface area contributed by atoms with Crippen LogP contribution in [-0.4, -0.2) is 6.61 Å². The van der Waals surface area contributed by atoms with E-state index in [9.17, 15) is 8.78 Å². The Bertz CT molecular complexity index is 1090. The molecule has 214 valence electrons. The zero-order valence-electron chi connectivity index (χ0n) is 23.6. The van der Waals surface area contributed by atoms with Gasteiger partial charge in [-0.3, -0.25) is 0 Å². The molecule has 2 aliphatic carbocycles. The normalized spacial score (nSPS) is 23.8. The quantitative estimate of drug-likeness (QED) is 0.155. The van der Waals surface area contributed by atoms with Crippen molar-refractivity contribution in [1.82, 2.24) is 0 Å². The fourth-order valence-electron chi connectivity index (χ4n) is 6.59. The predicted octanol–water partition coefficient (Wildman–Crippen LogP) is 10.9. The summed E-state index contributed by atoms with van der Waals surface area (Å²) in [6.07, 6.45) is 18.9. The van der Waals surface area contributed by atoms with Gasteiger partial charge in [0.1, 0.15) is 0 Å². The van der Waals surface area contributed by atoms with Gasteiger partial charge in [-0.15, -0.1) is 0 Å². The molecule has 0 bridgehead atoms. The van der Waals surface area contributed by atoms with Crippen LogP contribution in [-0.2, 0) is 0 Å². The smallest absolute Gasteiger partial charge is 0.201 e. The highest BCUT2D eigenvalue weighted by Gasteiger charge is 2.32. The molecule has 0 heterocycles. The van der Waals surface area contributed by atoms with Crippen molar-refractivity contribution in [3.8, 4) is 16.9 Å². The van der Waals surface area contributed by atoms with E-state index in [4.69, 9.17) is 4.74 Å². The number of rotatable bonds is 11. The van der Waals surface area contributed by atoms with Crippen molar-refractivity contribution in [3.63, 3.8) is 0 Å². The summed E-state index contributed by atoms with van der Waals surface area (Å²) in [5, 5.41) is 0. The van der Waals surface area contributed by atoms with Crippen molar-refractivity contribution in [2.75, 3.05) is 6.61 Å². The summed E-state index contributed by atoms with van der Waals surface area (Å²) in [6.45, 7) is 4.46. The maximum absolute atomic E-state index is 15.3. The van der Waals surface area contributed by atoms with Crippen molar-refractivity contribution in [1.29, 1.82) is 0 Å². The Morgan fingerprint density at radius 3 is 1.92 bits per heavy atom. The van der Waals surface area contributed by atoms with E-state index in [-0.39, 0.29) is 29.4 Å². The third-order valence-corrected chi connectivity index (χ3v) is 9.03. The van der Waals surface area contributed by atoms with E-state index in [1.807, 2.05) is 6.92 Å². The molecule has 0 unspecified atom stereocenters. The van der Waals surface area contributed by atoms with E-state index in [2.05, 4.69) is 19.1 Å².